The average molecular weight is 231 g/mol. The predicted octanol–water partition coefficient (Wildman–Crippen LogP) is -2.70. The lowest BCUT2D eigenvalue weighted by atomic mass is 9.98. The summed E-state index contributed by atoms with van der Waals surface area (Å²) in [5.41, 5.74) is 10.2. The molecule has 0 saturated heterocycles. The maximum atomic E-state index is 11.5. The van der Waals surface area contributed by atoms with Crippen LogP contribution in [0.5, 0.6) is 0 Å². The van der Waals surface area contributed by atoms with E-state index in [-0.39, 0.29) is 6.42 Å². The minimum Gasteiger partial charge on any atom is -0.391 e. The van der Waals surface area contributed by atoms with Crippen LogP contribution >= 0.6 is 0 Å². The number of aliphatic hydroxyl groups excluding tert-OH is 1. The van der Waals surface area contributed by atoms with E-state index in [1.165, 1.54) is 14.0 Å². The summed E-state index contributed by atoms with van der Waals surface area (Å²) in [5, 5.41) is 11.7. The zero-order chi connectivity index (χ0) is 12.9. The first kappa shape index (κ1) is 14.7. The number of carbonyl (C=O) groups is 3. The fourth-order valence-electron chi connectivity index (χ4n) is 1.24. The van der Waals surface area contributed by atoms with Gasteiger partial charge in [-0.2, -0.15) is 0 Å². The highest BCUT2D eigenvalue weighted by molar-refractivity contribution is 6.41. The van der Waals surface area contributed by atoms with Crippen LogP contribution in [0.4, 0.5) is 0 Å². The van der Waals surface area contributed by atoms with Crippen molar-refractivity contribution in [3.8, 4) is 0 Å². The van der Waals surface area contributed by atoms with E-state index in [0.29, 0.717) is 0 Å². The summed E-state index contributed by atoms with van der Waals surface area (Å²) in [4.78, 5) is 33.5. The Bertz CT molecular complexity index is 290. The Labute approximate surface area is 93.2 Å². The zero-order valence-electron chi connectivity index (χ0n) is 9.27. The van der Waals surface area contributed by atoms with E-state index < -0.39 is 35.7 Å². The van der Waals surface area contributed by atoms with Gasteiger partial charge in [0.25, 0.3) is 0 Å². The van der Waals surface area contributed by atoms with Crippen molar-refractivity contribution in [2.24, 2.45) is 11.5 Å². The minimum absolute atomic E-state index is 0.388. The van der Waals surface area contributed by atoms with Gasteiger partial charge >= 0.3 is 0 Å². The van der Waals surface area contributed by atoms with Crippen LogP contribution in [0.25, 0.3) is 0 Å². The fourth-order valence-corrected chi connectivity index (χ4v) is 1.24. The molecule has 3 atom stereocenters. The predicted molar refractivity (Wildman–Crippen MR) is 56.3 cm³/mol. The highest BCUT2D eigenvalue weighted by atomic mass is 16.3. The molecule has 1 amide bonds. The molecule has 0 bridgehead atoms. The maximum absolute atomic E-state index is 11.5. The number of hydrogen-bond donors (Lipinski definition) is 4. The van der Waals surface area contributed by atoms with E-state index in [1.54, 1.807) is 0 Å². The topological polar surface area (TPSA) is 136 Å². The molecule has 0 aliphatic rings. The van der Waals surface area contributed by atoms with Crippen molar-refractivity contribution >= 4 is 17.5 Å². The Hall–Kier alpha value is -1.31. The largest absolute Gasteiger partial charge is 0.391 e. The van der Waals surface area contributed by atoms with Crippen LogP contribution in [-0.2, 0) is 14.4 Å². The van der Waals surface area contributed by atoms with Crippen molar-refractivity contribution in [2.45, 2.75) is 31.5 Å². The van der Waals surface area contributed by atoms with Crippen LogP contribution < -0.4 is 16.8 Å². The molecule has 0 radical (unpaired) electrons. The molecule has 0 aromatic heterocycles. The van der Waals surface area contributed by atoms with Gasteiger partial charge in [-0.15, -0.1) is 0 Å². The molecule has 0 aliphatic heterocycles. The molecule has 0 spiro atoms. The summed E-state index contributed by atoms with van der Waals surface area (Å²) in [6, 6.07) is -2.27. The van der Waals surface area contributed by atoms with Gasteiger partial charge in [-0.05, 0) is 14.0 Å². The Morgan fingerprint density at radius 2 is 1.81 bits per heavy atom. The molecule has 0 aliphatic carbocycles. The molecule has 92 valence electrons. The van der Waals surface area contributed by atoms with Gasteiger partial charge in [0.05, 0.1) is 18.2 Å². The van der Waals surface area contributed by atoms with Gasteiger partial charge in [-0.1, -0.05) is 0 Å². The van der Waals surface area contributed by atoms with E-state index >= 15 is 0 Å². The number of amides is 1. The van der Waals surface area contributed by atoms with Gasteiger partial charge in [0.2, 0.25) is 17.5 Å². The van der Waals surface area contributed by atoms with Crippen molar-refractivity contribution < 1.29 is 19.5 Å². The number of aliphatic hydroxyl groups is 1. The number of nitrogens with two attached hydrogens (primary N) is 2. The van der Waals surface area contributed by atoms with Gasteiger partial charge < -0.3 is 21.9 Å². The Morgan fingerprint density at radius 3 is 2.12 bits per heavy atom. The average Bonchev–Trinajstić information content (AvgIpc) is 2.15. The van der Waals surface area contributed by atoms with E-state index in [4.69, 9.17) is 11.5 Å². The van der Waals surface area contributed by atoms with E-state index in [2.05, 4.69) is 5.32 Å². The van der Waals surface area contributed by atoms with Crippen LogP contribution in [0, 0.1) is 0 Å². The Kier molecular flexibility index (Phi) is 5.79. The van der Waals surface area contributed by atoms with Crippen LogP contribution in [0.3, 0.4) is 0 Å². The Balaban J connectivity index is 4.59. The lowest BCUT2D eigenvalue weighted by molar-refractivity contribution is -0.140. The molecule has 0 aromatic rings. The van der Waals surface area contributed by atoms with Crippen molar-refractivity contribution in [1.29, 1.82) is 0 Å². The molecule has 0 saturated carbocycles. The molecule has 6 N–H and O–H groups in total. The fraction of sp³-hybridized carbons (Fsp3) is 0.667. The van der Waals surface area contributed by atoms with Gasteiger partial charge in [0.1, 0.15) is 0 Å². The summed E-state index contributed by atoms with van der Waals surface area (Å²) in [6.07, 6.45) is -1.41. The zero-order valence-corrected chi connectivity index (χ0v) is 9.27. The summed E-state index contributed by atoms with van der Waals surface area (Å²) >= 11 is 0. The number of nitrogens with one attached hydrogen (secondary N) is 1. The smallest absolute Gasteiger partial charge is 0.219 e. The third-order valence-electron chi connectivity index (χ3n) is 2.08. The van der Waals surface area contributed by atoms with Crippen molar-refractivity contribution in [2.75, 3.05) is 7.05 Å². The molecule has 7 nitrogen and oxygen atoms in total. The SMILES string of the molecule is CN[C@H](C(=O)C(=O)[C@@H](N)CC(N)=O)[C@@H](C)O. The first-order valence-corrected chi connectivity index (χ1v) is 4.78. The van der Waals surface area contributed by atoms with Crippen LogP contribution in [0.15, 0.2) is 0 Å². The van der Waals surface area contributed by atoms with Gasteiger partial charge in [-0.25, -0.2) is 0 Å². The third kappa shape index (κ3) is 4.05. The summed E-state index contributed by atoms with van der Waals surface area (Å²) < 4.78 is 0. The number of hydrogen-bond acceptors (Lipinski definition) is 6. The van der Waals surface area contributed by atoms with Crippen LogP contribution in [-0.4, -0.2) is 47.8 Å². The number of ketones is 2. The van der Waals surface area contributed by atoms with Gasteiger partial charge in [0, 0.05) is 6.42 Å². The maximum Gasteiger partial charge on any atom is 0.219 e. The summed E-state index contributed by atoms with van der Waals surface area (Å²) in [5.74, 6) is -2.53. The second-order valence-electron chi connectivity index (χ2n) is 3.51. The normalized spacial score (nSPS) is 16.2. The first-order valence-electron chi connectivity index (χ1n) is 4.78. The number of likely N-dealkylation sites (N-methyl/N-ethyl adjacent to an activating group) is 1. The van der Waals surface area contributed by atoms with Crippen molar-refractivity contribution in [3.63, 3.8) is 0 Å². The van der Waals surface area contributed by atoms with E-state index in [9.17, 15) is 19.5 Å². The molecule has 0 heterocycles. The summed E-state index contributed by atoms with van der Waals surface area (Å²) in [6.45, 7) is 1.37. The highest BCUT2D eigenvalue weighted by Gasteiger charge is 2.31. The quantitative estimate of drug-likeness (QED) is 0.352. The molecule has 0 fully saturated rings. The molecule has 7 heteroatoms. The molecule has 0 rings (SSSR count). The number of carbonyl (C=O) groups excluding carboxylic acids is 3. The Morgan fingerprint density at radius 1 is 1.31 bits per heavy atom. The highest BCUT2D eigenvalue weighted by Crippen LogP contribution is 1.99. The molecule has 0 aromatic carbocycles. The van der Waals surface area contributed by atoms with Crippen LogP contribution in [0.1, 0.15) is 13.3 Å². The van der Waals surface area contributed by atoms with Crippen molar-refractivity contribution in [1.82, 2.24) is 5.32 Å². The summed E-state index contributed by atoms with van der Waals surface area (Å²) in [7, 11) is 1.43. The van der Waals surface area contributed by atoms with Gasteiger partial charge in [-0.3, -0.25) is 14.4 Å². The third-order valence-corrected chi connectivity index (χ3v) is 2.08. The minimum atomic E-state index is -1.25. The standard InChI is InChI=1S/C9H17N3O4/c1-4(13)7(12-2)9(16)8(15)5(10)3-6(11)14/h4-5,7,12-13H,3,10H2,1-2H3,(H2,11,14)/t4-,5+,7+/m1/s1. The monoisotopic (exact) mass is 231 g/mol. The lowest BCUT2D eigenvalue weighted by Crippen LogP contribution is -2.51. The second kappa shape index (κ2) is 6.31. The molecule has 16 heavy (non-hydrogen) atoms. The second-order valence-corrected chi connectivity index (χ2v) is 3.51. The van der Waals surface area contributed by atoms with E-state index in [1.807, 2.05) is 0 Å². The van der Waals surface area contributed by atoms with Gasteiger partial charge in [0.15, 0.2) is 0 Å². The van der Waals surface area contributed by atoms with Crippen LogP contribution in [0.2, 0.25) is 0 Å². The van der Waals surface area contributed by atoms with E-state index in [0.717, 1.165) is 0 Å². The lowest BCUT2D eigenvalue weighted by Gasteiger charge is -2.18. The first-order chi connectivity index (χ1) is 7.31. The molecule has 0 unspecified atom stereocenters. The molecular weight excluding hydrogens is 214 g/mol. The molecular formula is C9H17N3O4. The number of rotatable bonds is 7. The van der Waals surface area contributed by atoms with Crippen molar-refractivity contribution in [3.05, 3.63) is 0 Å². The number of primary amides is 1. The number of Topliss-reactive ketones (excluding diaryl/α,β-unsaturated/α-hetero) is 2.